The van der Waals surface area contributed by atoms with Crippen LogP contribution < -0.4 is 0 Å². The molecule has 0 saturated carbocycles. The third-order valence-corrected chi connectivity index (χ3v) is 3.63. The maximum absolute atomic E-state index is 2.49. The van der Waals surface area contributed by atoms with Gasteiger partial charge in [-0.15, -0.1) is 0 Å². The van der Waals surface area contributed by atoms with Crippen molar-refractivity contribution >= 4 is 10.8 Å². The summed E-state index contributed by atoms with van der Waals surface area (Å²) in [5, 5.41) is 2.72. The van der Waals surface area contributed by atoms with Gasteiger partial charge in [-0.25, -0.2) is 0 Å². The molecule has 0 aliphatic heterocycles. The second-order valence-electron chi connectivity index (χ2n) is 4.47. The van der Waals surface area contributed by atoms with Crippen LogP contribution in [0.3, 0.4) is 0 Å². The monoisotopic (exact) mass is 227 g/mol. The van der Waals surface area contributed by atoms with Crippen LogP contribution in [0.1, 0.15) is 32.4 Å². The van der Waals surface area contributed by atoms with Crippen molar-refractivity contribution in [3.8, 4) is 0 Å². The van der Waals surface area contributed by atoms with E-state index in [1.807, 2.05) is 0 Å². The average Bonchev–Trinajstić information content (AvgIpc) is 2.39. The third-order valence-electron chi connectivity index (χ3n) is 3.63. The lowest BCUT2D eigenvalue weighted by atomic mass is 9.99. The van der Waals surface area contributed by atoms with Crippen LogP contribution in [0.2, 0.25) is 0 Å². The normalized spacial score (nSPS) is 13.2. The van der Waals surface area contributed by atoms with E-state index in [9.17, 15) is 0 Å². The number of hydrogen-bond donors (Lipinski definition) is 0. The molecule has 0 N–H and O–H groups in total. The van der Waals surface area contributed by atoms with Gasteiger partial charge < -0.3 is 0 Å². The highest BCUT2D eigenvalue weighted by Gasteiger charge is 2.14. The molecular formula is C16H21N. The Morgan fingerprint density at radius 1 is 0.941 bits per heavy atom. The Kier molecular flexibility index (Phi) is 3.80. The Hall–Kier alpha value is -1.34. The minimum atomic E-state index is 0.482. The molecule has 1 atom stereocenters. The van der Waals surface area contributed by atoms with E-state index < -0.39 is 0 Å². The molecule has 1 unspecified atom stereocenters. The molecule has 1 heteroatoms. The molecular weight excluding hydrogens is 206 g/mol. The van der Waals surface area contributed by atoms with Crippen molar-refractivity contribution in [3.05, 3.63) is 48.0 Å². The van der Waals surface area contributed by atoms with Gasteiger partial charge in [-0.05, 0) is 36.3 Å². The number of nitrogens with zero attached hydrogens (tertiary/aromatic N) is 1. The molecule has 1 nitrogen and oxygen atoms in total. The van der Waals surface area contributed by atoms with Crippen LogP contribution >= 0.6 is 0 Å². The summed E-state index contributed by atoms with van der Waals surface area (Å²) >= 11 is 0. The molecule has 0 aliphatic rings. The lowest BCUT2D eigenvalue weighted by Crippen LogP contribution is -2.26. The highest BCUT2D eigenvalue weighted by molar-refractivity contribution is 5.86. The van der Waals surface area contributed by atoms with Crippen molar-refractivity contribution in [2.45, 2.75) is 26.8 Å². The van der Waals surface area contributed by atoms with Gasteiger partial charge in [0, 0.05) is 6.04 Å². The number of hydrogen-bond acceptors (Lipinski definition) is 1. The predicted octanol–water partition coefficient (Wildman–Crippen LogP) is 4.24. The summed E-state index contributed by atoms with van der Waals surface area (Å²) in [4.78, 5) is 2.49. The van der Waals surface area contributed by atoms with Gasteiger partial charge >= 0.3 is 0 Å². The second-order valence-corrected chi connectivity index (χ2v) is 4.47. The van der Waals surface area contributed by atoms with Crippen LogP contribution in [-0.2, 0) is 0 Å². The molecule has 0 aromatic heterocycles. The largest absolute Gasteiger partial charge is 0.297 e. The summed E-state index contributed by atoms with van der Waals surface area (Å²) in [5.74, 6) is 0. The quantitative estimate of drug-likeness (QED) is 0.755. The molecule has 2 aromatic carbocycles. The molecule has 0 amide bonds. The van der Waals surface area contributed by atoms with Crippen LogP contribution in [0.25, 0.3) is 10.8 Å². The molecule has 0 bridgehead atoms. The SMILES string of the molecule is CCN(CC)C(C)c1cccc2ccccc12. The van der Waals surface area contributed by atoms with Crippen LogP contribution in [0.5, 0.6) is 0 Å². The van der Waals surface area contributed by atoms with Crippen LogP contribution in [0.4, 0.5) is 0 Å². The molecule has 17 heavy (non-hydrogen) atoms. The lowest BCUT2D eigenvalue weighted by Gasteiger charge is -2.27. The number of fused-ring (bicyclic) bond motifs is 1. The van der Waals surface area contributed by atoms with E-state index in [0.29, 0.717) is 6.04 Å². The summed E-state index contributed by atoms with van der Waals surface area (Å²) in [7, 11) is 0. The fourth-order valence-electron chi connectivity index (χ4n) is 2.58. The third kappa shape index (κ3) is 2.34. The minimum absolute atomic E-state index is 0.482. The molecule has 0 heterocycles. The smallest absolute Gasteiger partial charge is 0.0325 e. The van der Waals surface area contributed by atoms with Crippen LogP contribution in [0, 0.1) is 0 Å². The summed E-state index contributed by atoms with van der Waals surface area (Å²) in [6, 6.07) is 15.7. The first-order valence-corrected chi connectivity index (χ1v) is 6.49. The first-order chi connectivity index (χ1) is 8.27. The van der Waals surface area contributed by atoms with Gasteiger partial charge in [-0.2, -0.15) is 0 Å². The molecule has 2 rings (SSSR count). The lowest BCUT2D eigenvalue weighted by molar-refractivity contribution is 0.235. The zero-order chi connectivity index (χ0) is 12.3. The molecule has 0 spiro atoms. The van der Waals surface area contributed by atoms with E-state index in [1.165, 1.54) is 16.3 Å². The molecule has 90 valence electrons. The second kappa shape index (κ2) is 5.33. The van der Waals surface area contributed by atoms with E-state index in [4.69, 9.17) is 0 Å². The maximum atomic E-state index is 2.49. The minimum Gasteiger partial charge on any atom is -0.297 e. The van der Waals surface area contributed by atoms with E-state index in [-0.39, 0.29) is 0 Å². The van der Waals surface area contributed by atoms with Crippen LogP contribution in [0.15, 0.2) is 42.5 Å². The highest BCUT2D eigenvalue weighted by Crippen LogP contribution is 2.27. The van der Waals surface area contributed by atoms with E-state index >= 15 is 0 Å². The Balaban J connectivity index is 2.47. The topological polar surface area (TPSA) is 3.24 Å². The molecule has 2 aromatic rings. The number of rotatable bonds is 4. The first-order valence-electron chi connectivity index (χ1n) is 6.49. The zero-order valence-electron chi connectivity index (χ0n) is 11.0. The summed E-state index contributed by atoms with van der Waals surface area (Å²) < 4.78 is 0. The number of benzene rings is 2. The van der Waals surface area contributed by atoms with Gasteiger partial charge in [0.2, 0.25) is 0 Å². The van der Waals surface area contributed by atoms with Crippen molar-refractivity contribution < 1.29 is 0 Å². The van der Waals surface area contributed by atoms with E-state index in [0.717, 1.165) is 13.1 Å². The zero-order valence-corrected chi connectivity index (χ0v) is 11.0. The maximum Gasteiger partial charge on any atom is 0.0325 e. The first kappa shape index (κ1) is 12.1. The summed E-state index contributed by atoms with van der Waals surface area (Å²) in [5.41, 5.74) is 1.44. The van der Waals surface area contributed by atoms with Crippen molar-refractivity contribution in [2.75, 3.05) is 13.1 Å². The van der Waals surface area contributed by atoms with Gasteiger partial charge in [0.25, 0.3) is 0 Å². The van der Waals surface area contributed by atoms with Gasteiger partial charge in [-0.1, -0.05) is 56.3 Å². The average molecular weight is 227 g/mol. The summed E-state index contributed by atoms with van der Waals surface area (Å²) in [6.07, 6.45) is 0. The predicted molar refractivity (Wildman–Crippen MR) is 75.3 cm³/mol. The highest BCUT2D eigenvalue weighted by atomic mass is 15.1. The van der Waals surface area contributed by atoms with Crippen molar-refractivity contribution in [2.24, 2.45) is 0 Å². The van der Waals surface area contributed by atoms with Gasteiger partial charge in [0.05, 0.1) is 0 Å². The Morgan fingerprint density at radius 2 is 1.59 bits per heavy atom. The van der Waals surface area contributed by atoms with E-state index in [1.54, 1.807) is 0 Å². The van der Waals surface area contributed by atoms with Crippen LogP contribution in [-0.4, -0.2) is 18.0 Å². The molecule has 0 aliphatic carbocycles. The molecule has 0 fully saturated rings. The van der Waals surface area contributed by atoms with Crippen molar-refractivity contribution in [1.29, 1.82) is 0 Å². The standard InChI is InChI=1S/C16H21N/c1-4-17(5-2)13(3)15-12-8-10-14-9-6-7-11-16(14)15/h6-13H,4-5H2,1-3H3. The fraction of sp³-hybridized carbons (Fsp3) is 0.375. The Labute approximate surface area is 104 Å². The van der Waals surface area contributed by atoms with E-state index in [2.05, 4.69) is 68.1 Å². The van der Waals surface area contributed by atoms with Crippen molar-refractivity contribution in [1.82, 2.24) is 4.90 Å². The Morgan fingerprint density at radius 3 is 2.29 bits per heavy atom. The van der Waals surface area contributed by atoms with Gasteiger partial charge in [0.15, 0.2) is 0 Å². The molecule has 0 saturated heterocycles. The Bertz CT molecular complexity index is 480. The van der Waals surface area contributed by atoms with Gasteiger partial charge in [0.1, 0.15) is 0 Å². The summed E-state index contributed by atoms with van der Waals surface area (Å²) in [6.45, 7) is 8.95. The fourth-order valence-corrected chi connectivity index (χ4v) is 2.58. The van der Waals surface area contributed by atoms with Gasteiger partial charge in [-0.3, -0.25) is 4.90 Å². The molecule has 0 radical (unpaired) electrons. The van der Waals surface area contributed by atoms with Crippen molar-refractivity contribution in [3.63, 3.8) is 0 Å².